The van der Waals surface area contributed by atoms with Crippen molar-refractivity contribution in [3.8, 4) is 0 Å². The molecule has 4 rings (SSSR count). The Morgan fingerprint density at radius 3 is 2.29 bits per heavy atom. The van der Waals surface area contributed by atoms with Gasteiger partial charge in [-0.25, -0.2) is 0 Å². The molecule has 1 aromatic rings. The van der Waals surface area contributed by atoms with Crippen LogP contribution in [0.4, 0.5) is 0 Å². The van der Waals surface area contributed by atoms with E-state index < -0.39 is 0 Å². The molecule has 0 unspecified atom stereocenters. The summed E-state index contributed by atoms with van der Waals surface area (Å²) < 4.78 is 7.12. The third-order valence-corrected chi connectivity index (χ3v) is 6.70. The highest BCUT2D eigenvalue weighted by Crippen LogP contribution is 2.27. The highest BCUT2D eigenvalue weighted by Gasteiger charge is 2.35. The average Bonchev–Trinajstić information content (AvgIpc) is 3.14. The van der Waals surface area contributed by atoms with Crippen LogP contribution in [0.1, 0.15) is 48.4 Å². The number of hydrogen-bond acceptors (Lipinski definition) is 5. The summed E-state index contributed by atoms with van der Waals surface area (Å²) in [6.45, 7) is 8.52. The molecule has 0 spiro atoms. The molecular weight excluding hydrogens is 398 g/mol. The van der Waals surface area contributed by atoms with Crippen molar-refractivity contribution >= 4 is 17.7 Å². The molecule has 0 atom stereocenters. The van der Waals surface area contributed by atoms with Crippen molar-refractivity contribution in [3.63, 3.8) is 0 Å². The normalized spacial score (nSPS) is 20.2. The van der Waals surface area contributed by atoms with Crippen molar-refractivity contribution in [2.75, 3.05) is 45.9 Å². The smallest absolute Gasteiger partial charge is 0.274 e. The molecule has 0 N–H and O–H groups in total. The average molecular weight is 432 g/mol. The predicted molar refractivity (Wildman–Crippen MR) is 113 cm³/mol. The molecule has 0 radical (unpaired) electrons. The van der Waals surface area contributed by atoms with Gasteiger partial charge in [0.1, 0.15) is 0 Å². The highest BCUT2D eigenvalue weighted by molar-refractivity contribution is 5.94. The van der Waals surface area contributed by atoms with E-state index in [1.165, 1.54) is 0 Å². The van der Waals surface area contributed by atoms with Gasteiger partial charge in [-0.05, 0) is 12.8 Å². The molecule has 3 aliphatic rings. The van der Waals surface area contributed by atoms with E-state index in [2.05, 4.69) is 5.10 Å². The van der Waals surface area contributed by atoms with Crippen LogP contribution in [0.3, 0.4) is 0 Å². The van der Waals surface area contributed by atoms with Crippen LogP contribution in [0.15, 0.2) is 0 Å². The van der Waals surface area contributed by atoms with Crippen LogP contribution < -0.4 is 0 Å². The minimum atomic E-state index is -0.0898. The van der Waals surface area contributed by atoms with Gasteiger partial charge in [0.05, 0.1) is 13.2 Å². The number of likely N-dealkylation sites (tertiary alicyclic amines) is 1. The summed E-state index contributed by atoms with van der Waals surface area (Å²) in [4.78, 5) is 44.1. The Balaban J connectivity index is 1.42. The molecule has 170 valence electrons. The summed E-state index contributed by atoms with van der Waals surface area (Å²) in [5.41, 5.74) is 2.37. The molecular formula is C22H33N5O4. The largest absolute Gasteiger partial charge is 0.378 e. The van der Waals surface area contributed by atoms with Gasteiger partial charge in [0.25, 0.3) is 5.91 Å². The molecule has 0 aliphatic carbocycles. The van der Waals surface area contributed by atoms with Gasteiger partial charge in [-0.3, -0.25) is 19.1 Å². The molecule has 0 bridgehead atoms. The van der Waals surface area contributed by atoms with Gasteiger partial charge < -0.3 is 19.4 Å². The fourth-order valence-corrected chi connectivity index (χ4v) is 4.84. The Morgan fingerprint density at radius 2 is 1.65 bits per heavy atom. The first-order valence-electron chi connectivity index (χ1n) is 11.4. The van der Waals surface area contributed by atoms with Gasteiger partial charge in [-0.2, -0.15) is 5.10 Å². The first-order valence-corrected chi connectivity index (χ1v) is 11.4. The van der Waals surface area contributed by atoms with E-state index in [9.17, 15) is 14.4 Å². The topological polar surface area (TPSA) is 88.0 Å². The van der Waals surface area contributed by atoms with E-state index in [0.717, 1.165) is 11.3 Å². The maximum Gasteiger partial charge on any atom is 0.274 e. The van der Waals surface area contributed by atoms with Crippen LogP contribution in [0.25, 0.3) is 0 Å². The van der Waals surface area contributed by atoms with Crippen molar-refractivity contribution in [2.45, 2.75) is 39.7 Å². The molecule has 2 saturated heterocycles. The molecule has 31 heavy (non-hydrogen) atoms. The number of morpholine rings is 1. The molecule has 9 nitrogen and oxygen atoms in total. The second-order valence-electron chi connectivity index (χ2n) is 9.07. The summed E-state index contributed by atoms with van der Waals surface area (Å²) in [7, 11) is 1.86. The lowest BCUT2D eigenvalue weighted by Crippen LogP contribution is -2.47. The van der Waals surface area contributed by atoms with Gasteiger partial charge in [0.15, 0.2) is 5.69 Å². The van der Waals surface area contributed by atoms with Gasteiger partial charge in [-0.1, -0.05) is 13.8 Å². The first-order chi connectivity index (χ1) is 14.9. The second kappa shape index (κ2) is 8.98. The zero-order valence-corrected chi connectivity index (χ0v) is 18.8. The fourth-order valence-electron chi connectivity index (χ4n) is 4.84. The maximum atomic E-state index is 13.3. The number of ether oxygens (including phenoxy) is 1. The fraction of sp³-hybridized carbons (Fsp3) is 0.727. The number of aryl methyl sites for hydroxylation is 1. The summed E-state index contributed by atoms with van der Waals surface area (Å²) in [5.74, 6) is 0.108. The van der Waals surface area contributed by atoms with Crippen LogP contribution >= 0.6 is 0 Å². The Bertz CT molecular complexity index is 850. The Hall–Kier alpha value is -2.42. The molecule has 3 amide bonds. The van der Waals surface area contributed by atoms with Crippen LogP contribution in [0.5, 0.6) is 0 Å². The Morgan fingerprint density at radius 1 is 0.968 bits per heavy atom. The number of hydrogen-bond donors (Lipinski definition) is 0. The number of amides is 3. The number of carbonyl (C=O) groups excluding carboxylic acids is 3. The van der Waals surface area contributed by atoms with Crippen molar-refractivity contribution in [1.82, 2.24) is 24.5 Å². The molecule has 9 heteroatoms. The molecule has 0 aromatic carbocycles. The molecule has 0 saturated carbocycles. The third kappa shape index (κ3) is 4.33. The minimum absolute atomic E-state index is 0.0287. The van der Waals surface area contributed by atoms with E-state index >= 15 is 0 Å². The number of fused-ring (bicyclic) bond motifs is 1. The molecule has 2 fully saturated rings. The Labute approximate surface area is 183 Å². The monoisotopic (exact) mass is 431 g/mol. The van der Waals surface area contributed by atoms with E-state index in [1.807, 2.05) is 35.6 Å². The van der Waals surface area contributed by atoms with Crippen molar-refractivity contribution < 1.29 is 19.1 Å². The molecule has 3 aliphatic heterocycles. The predicted octanol–water partition coefficient (Wildman–Crippen LogP) is 0.672. The lowest BCUT2D eigenvalue weighted by Gasteiger charge is -2.35. The number of rotatable bonds is 3. The van der Waals surface area contributed by atoms with E-state index in [4.69, 9.17) is 4.74 Å². The van der Waals surface area contributed by atoms with Crippen molar-refractivity contribution in [1.29, 1.82) is 0 Å². The SMILES string of the molecule is CC(C)C(=O)N1CCc2c(c(C(=O)N3CCC(C(=O)N4CCOCC4)CC3)nn2C)C1. The quantitative estimate of drug-likeness (QED) is 0.702. The standard InChI is InChI=1S/C22H33N5O4/c1-15(2)20(28)27-9-6-18-17(14-27)19(23-24(18)3)22(30)25-7-4-16(5-8-25)21(29)26-10-12-31-13-11-26/h15-16H,4-14H2,1-3H3. The highest BCUT2D eigenvalue weighted by atomic mass is 16.5. The number of piperidine rings is 1. The lowest BCUT2D eigenvalue weighted by atomic mass is 9.94. The molecule has 1 aromatic heterocycles. The second-order valence-corrected chi connectivity index (χ2v) is 9.07. The van der Waals surface area contributed by atoms with Crippen LogP contribution in [0.2, 0.25) is 0 Å². The third-order valence-electron chi connectivity index (χ3n) is 6.70. The summed E-state index contributed by atoms with van der Waals surface area (Å²) in [5, 5.41) is 4.53. The van der Waals surface area contributed by atoms with Crippen LogP contribution in [0, 0.1) is 11.8 Å². The zero-order chi connectivity index (χ0) is 22.1. The van der Waals surface area contributed by atoms with Gasteiger partial charge in [-0.15, -0.1) is 0 Å². The summed E-state index contributed by atoms with van der Waals surface area (Å²) in [6, 6.07) is 0. The minimum Gasteiger partial charge on any atom is -0.378 e. The maximum absolute atomic E-state index is 13.3. The first kappa shape index (κ1) is 21.8. The number of nitrogens with zero attached hydrogens (tertiary/aromatic N) is 5. The van der Waals surface area contributed by atoms with E-state index in [1.54, 1.807) is 4.68 Å². The molecule has 4 heterocycles. The summed E-state index contributed by atoms with van der Waals surface area (Å²) >= 11 is 0. The van der Waals surface area contributed by atoms with E-state index in [0.29, 0.717) is 77.4 Å². The van der Waals surface area contributed by atoms with Gasteiger partial charge in [0, 0.05) is 75.8 Å². The van der Waals surface area contributed by atoms with Gasteiger partial charge >= 0.3 is 0 Å². The number of aromatic nitrogens is 2. The van der Waals surface area contributed by atoms with E-state index in [-0.39, 0.29) is 29.6 Å². The number of carbonyl (C=O) groups is 3. The zero-order valence-electron chi connectivity index (χ0n) is 18.8. The Kier molecular flexibility index (Phi) is 6.31. The summed E-state index contributed by atoms with van der Waals surface area (Å²) in [6.07, 6.45) is 2.06. The van der Waals surface area contributed by atoms with Gasteiger partial charge in [0.2, 0.25) is 11.8 Å². The van der Waals surface area contributed by atoms with Crippen molar-refractivity contribution in [3.05, 3.63) is 17.0 Å². The van der Waals surface area contributed by atoms with Crippen LogP contribution in [-0.4, -0.2) is 88.1 Å². The lowest BCUT2D eigenvalue weighted by molar-refractivity contribution is -0.141. The van der Waals surface area contributed by atoms with Crippen molar-refractivity contribution in [2.24, 2.45) is 18.9 Å². The van der Waals surface area contributed by atoms with Crippen LogP contribution in [-0.2, 0) is 34.3 Å².